The number of hydrogen-bond acceptors (Lipinski definition) is 4. The molecule has 0 bridgehead atoms. The fourth-order valence-electron chi connectivity index (χ4n) is 1.33. The zero-order valence-corrected chi connectivity index (χ0v) is 10.5. The van der Waals surface area contributed by atoms with E-state index in [1.807, 2.05) is 12.1 Å². The number of aryl methyl sites for hydroxylation is 1. The van der Waals surface area contributed by atoms with Gasteiger partial charge in [0.15, 0.2) is 10.8 Å². The molecule has 17 heavy (non-hydrogen) atoms. The molecule has 0 aliphatic rings. The summed E-state index contributed by atoms with van der Waals surface area (Å²) in [5.74, 6) is -1.02. The lowest BCUT2D eigenvalue weighted by molar-refractivity contribution is 0.0690. The SMILES string of the molecule is Cc1sc(Nc2ccccc2Cl)nc1C(=O)O. The molecular formula is C11H9ClN2O2S. The third-order valence-corrected chi connectivity index (χ3v) is 3.33. The Morgan fingerprint density at radius 1 is 1.47 bits per heavy atom. The monoisotopic (exact) mass is 268 g/mol. The maximum Gasteiger partial charge on any atom is 0.355 e. The number of nitrogens with one attached hydrogen (secondary N) is 1. The summed E-state index contributed by atoms with van der Waals surface area (Å²) in [6.07, 6.45) is 0. The highest BCUT2D eigenvalue weighted by Crippen LogP contribution is 2.29. The third-order valence-electron chi connectivity index (χ3n) is 2.11. The van der Waals surface area contributed by atoms with Crippen LogP contribution < -0.4 is 5.32 Å². The molecular weight excluding hydrogens is 260 g/mol. The Hall–Kier alpha value is -1.59. The lowest BCUT2D eigenvalue weighted by Crippen LogP contribution is -1.99. The van der Waals surface area contributed by atoms with Crippen molar-refractivity contribution in [3.8, 4) is 0 Å². The van der Waals surface area contributed by atoms with Crippen molar-refractivity contribution < 1.29 is 9.90 Å². The van der Waals surface area contributed by atoms with Gasteiger partial charge in [-0.05, 0) is 19.1 Å². The molecule has 0 spiro atoms. The fourth-order valence-corrected chi connectivity index (χ4v) is 2.33. The second-order valence-electron chi connectivity index (χ2n) is 3.33. The second kappa shape index (κ2) is 4.73. The number of nitrogens with zero attached hydrogens (tertiary/aromatic N) is 1. The van der Waals surface area contributed by atoms with Crippen LogP contribution in [0.5, 0.6) is 0 Å². The number of benzene rings is 1. The third kappa shape index (κ3) is 2.57. The molecule has 0 aliphatic heterocycles. The van der Waals surface area contributed by atoms with Gasteiger partial charge >= 0.3 is 5.97 Å². The van der Waals surface area contributed by atoms with Gasteiger partial charge in [-0.3, -0.25) is 0 Å². The van der Waals surface area contributed by atoms with Crippen molar-refractivity contribution in [2.24, 2.45) is 0 Å². The summed E-state index contributed by atoms with van der Waals surface area (Å²) in [7, 11) is 0. The number of carboxylic acids is 1. The van der Waals surface area contributed by atoms with E-state index in [0.717, 1.165) is 0 Å². The number of thiazole rings is 1. The van der Waals surface area contributed by atoms with E-state index in [4.69, 9.17) is 16.7 Å². The highest BCUT2D eigenvalue weighted by molar-refractivity contribution is 7.15. The summed E-state index contributed by atoms with van der Waals surface area (Å²) in [5, 5.41) is 13.0. The van der Waals surface area contributed by atoms with Crippen molar-refractivity contribution in [1.29, 1.82) is 0 Å². The van der Waals surface area contributed by atoms with E-state index in [1.165, 1.54) is 11.3 Å². The van der Waals surface area contributed by atoms with Crippen molar-refractivity contribution in [3.05, 3.63) is 39.9 Å². The average molecular weight is 269 g/mol. The molecule has 0 radical (unpaired) electrons. The molecule has 1 aromatic heterocycles. The van der Waals surface area contributed by atoms with Gasteiger partial charge in [0.1, 0.15) is 0 Å². The maximum absolute atomic E-state index is 10.8. The van der Waals surface area contributed by atoms with E-state index < -0.39 is 5.97 Å². The van der Waals surface area contributed by atoms with E-state index in [9.17, 15) is 4.79 Å². The Balaban J connectivity index is 2.28. The molecule has 1 heterocycles. The number of rotatable bonds is 3. The molecule has 0 saturated carbocycles. The van der Waals surface area contributed by atoms with Crippen molar-refractivity contribution in [2.75, 3.05) is 5.32 Å². The summed E-state index contributed by atoms with van der Waals surface area (Å²) < 4.78 is 0. The van der Waals surface area contributed by atoms with Crippen LogP contribution in [0, 0.1) is 6.92 Å². The Morgan fingerprint density at radius 3 is 2.76 bits per heavy atom. The highest BCUT2D eigenvalue weighted by Gasteiger charge is 2.14. The van der Waals surface area contributed by atoms with Crippen LogP contribution in [0.1, 0.15) is 15.4 Å². The number of aromatic nitrogens is 1. The van der Waals surface area contributed by atoms with Crippen LogP contribution in [0.15, 0.2) is 24.3 Å². The molecule has 4 nitrogen and oxygen atoms in total. The molecule has 0 amide bonds. The van der Waals surface area contributed by atoms with Crippen molar-refractivity contribution in [3.63, 3.8) is 0 Å². The lowest BCUT2D eigenvalue weighted by atomic mass is 10.3. The normalized spacial score (nSPS) is 10.2. The van der Waals surface area contributed by atoms with Crippen LogP contribution in [0.4, 0.5) is 10.8 Å². The van der Waals surface area contributed by atoms with Crippen LogP contribution in [0.3, 0.4) is 0 Å². The van der Waals surface area contributed by atoms with Crippen LogP contribution in [-0.4, -0.2) is 16.1 Å². The summed E-state index contributed by atoms with van der Waals surface area (Å²) in [6.45, 7) is 1.72. The Bertz CT molecular complexity index is 568. The molecule has 6 heteroatoms. The quantitative estimate of drug-likeness (QED) is 0.894. The number of aromatic carboxylic acids is 1. The van der Waals surface area contributed by atoms with Gasteiger partial charge in [0, 0.05) is 4.88 Å². The predicted molar refractivity (Wildman–Crippen MR) is 68.5 cm³/mol. The minimum atomic E-state index is -1.02. The Kier molecular flexibility index (Phi) is 3.31. The summed E-state index contributed by atoms with van der Waals surface area (Å²) in [6, 6.07) is 7.22. The summed E-state index contributed by atoms with van der Waals surface area (Å²) >= 11 is 7.27. The molecule has 1 aromatic carbocycles. The molecule has 0 atom stereocenters. The molecule has 0 saturated heterocycles. The van der Waals surface area contributed by atoms with Gasteiger partial charge in [0.25, 0.3) is 0 Å². The van der Waals surface area contributed by atoms with Crippen LogP contribution >= 0.6 is 22.9 Å². The van der Waals surface area contributed by atoms with E-state index in [2.05, 4.69) is 10.3 Å². The minimum absolute atomic E-state index is 0.0737. The minimum Gasteiger partial charge on any atom is -0.476 e. The molecule has 2 rings (SSSR count). The lowest BCUT2D eigenvalue weighted by Gasteiger charge is -2.03. The number of carbonyl (C=O) groups is 1. The first-order valence-corrected chi connectivity index (χ1v) is 5.99. The number of carboxylic acid groups (broad SMARTS) is 1. The van der Waals surface area contributed by atoms with E-state index in [1.54, 1.807) is 19.1 Å². The van der Waals surface area contributed by atoms with Gasteiger partial charge in [0.2, 0.25) is 0 Å². The van der Waals surface area contributed by atoms with Crippen LogP contribution in [-0.2, 0) is 0 Å². The smallest absolute Gasteiger partial charge is 0.355 e. The van der Waals surface area contributed by atoms with E-state index in [0.29, 0.717) is 20.7 Å². The van der Waals surface area contributed by atoms with Gasteiger partial charge < -0.3 is 10.4 Å². The molecule has 88 valence electrons. The summed E-state index contributed by atoms with van der Waals surface area (Å²) in [5.41, 5.74) is 0.782. The van der Waals surface area contributed by atoms with Crippen LogP contribution in [0.25, 0.3) is 0 Å². The fraction of sp³-hybridized carbons (Fsp3) is 0.0909. The summed E-state index contributed by atoms with van der Waals surface area (Å²) in [4.78, 5) is 15.5. The Labute approximate surface area is 107 Å². The van der Waals surface area contributed by atoms with Gasteiger partial charge in [-0.1, -0.05) is 23.7 Å². The van der Waals surface area contributed by atoms with Gasteiger partial charge in [-0.15, -0.1) is 11.3 Å². The predicted octanol–water partition coefficient (Wildman–Crippen LogP) is 3.55. The Morgan fingerprint density at radius 2 is 2.18 bits per heavy atom. The van der Waals surface area contributed by atoms with Crippen LogP contribution in [0.2, 0.25) is 5.02 Å². The van der Waals surface area contributed by atoms with Gasteiger partial charge in [-0.2, -0.15) is 0 Å². The second-order valence-corrected chi connectivity index (χ2v) is 4.94. The average Bonchev–Trinajstić information content (AvgIpc) is 2.63. The van der Waals surface area contributed by atoms with Crippen molar-refractivity contribution in [2.45, 2.75) is 6.92 Å². The largest absolute Gasteiger partial charge is 0.476 e. The molecule has 0 aliphatic carbocycles. The molecule has 2 N–H and O–H groups in total. The maximum atomic E-state index is 10.8. The van der Waals surface area contributed by atoms with E-state index >= 15 is 0 Å². The number of hydrogen-bond donors (Lipinski definition) is 2. The molecule has 0 unspecified atom stereocenters. The molecule has 0 fully saturated rings. The molecule has 2 aromatic rings. The topological polar surface area (TPSA) is 62.2 Å². The number of para-hydroxylation sites is 1. The van der Waals surface area contributed by atoms with Crippen molar-refractivity contribution in [1.82, 2.24) is 4.98 Å². The first-order valence-electron chi connectivity index (χ1n) is 4.80. The van der Waals surface area contributed by atoms with E-state index in [-0.39, 0.29) is 5.69 Å². The zero-order valence-electron chi connectivity index (χ0n) is 8.90. The first kappa shape index (κ1) is 11.9. The van der Waals surface area contributed by atoms with Crippen molar-refractivity contribution >= 4 is 39.7 Å². The highest BCUT2D eigenvalue weighted by atomic mass is 35.5. The number of anilines is 2. The first-order chi connectivity index (χ1) is 8.08. The standard InChI is InChI=1S/C11H9ClN2O2S/c1-6-9(10(15)16)14-11(17-6)13-8-5-3-2-4-7(8)12/h2-5H,1H3,(H,13,14)(H,15,16). The zero-order chi connectivity index (χ0) is 12.4. The van der Waals surface area contributed by atoms with Gasteiger partial charge in [0.05, 0.1) is 10.7 Å². The van der Waals surface area contributed by atoms with Gasteiger partial charge in [-0.25, -0.2) is 9.78 Å². The number of halogens is 1.